The first-order chi connectivity index (χ1) is 16.8. The third kappa shape index (κ3) is 4.62. The molecule has 3 heterocycles. The number of piperidine rings is 1. The molecule has 2 aliphatic heterocycles. The quantitative estimate of drug-likeness (QED) is 0.299. The van der Waals surface area contributed by atoms with E-state index in [-0.39, 0.29) is 18.4 Å². The second-order valence-corrected chi connectivity index (χ2v) is 10.5. The summed E-state index contributed by atoms with van der Waals surface area (Å²) >= 11 is 15.2. The molecule has 0 atom stereocenters. The number of aromatic nitrogens is 1. The largest absolute Gasteiger partial charge is 0.341 e. The molecule has 35 heavy (non-hydrogen) atoms. The van der Waals surface area contributed by atoms with Gasteiger partial charge in [-0.05, 0) is 80.0 Å². The van der Waals surface area contributed by atoms with E-state index in [1.54, 1.807) is 36.2 Å². The molecule has 0 bridgehead atoms. The van der Waals surface area contributed by atoms with Gasteiger partial charge < -0.3 is 14.4 Å². The Hall–Kier alpha value is -2.68. The average Bonchev–Trinajstić information content (AvgIpc) is 3.29. The van der Waals surface area contributed by atoms with Crippen LogP contribution in [0.1, 0.15) is 24.8 Å². The highest BCUT2D eigenvalue weighted by atomic mass is 79.9. The third-order valence-corrected chi connectivity index (χ3v) is 7.73. The van der Waals surface area contributed by atoms with Crippen molar-refractivity contribution in [1.29, 1.82) is 0 Å². The Kier molecular flexibility index (Phi) is 6.70. The van der Waals surface area contributed by atoms with Gasteiger partial charge in [-0.25, -0.2) is 0 Å². The lowest BCUT2D eigenvalue weighted by atomic mass is 10.1. The van der Waals surface area contributed by atoms with Crippen molar-refractivity contribution >= 4 is 79.3 Å². The molecule has 6 nitrogen and oxygen atoms in total. The Balaban J connectivity index is 1.51. The van der Waals surface area contributed by atoms with Gasteiger partial charge in [0.1, 0.15) is 12.2 Å². The molecule has 180 valence electrons. The van der Waals surface area contributed by atoms with Gasteiger partial charge in [0.25, 0.3) is 5.91 Å². The van der Waals surface area contributed by atoms with E-state index in [0.717, 1.165) is 46.9 Å². The van der Waals surface area contributed by atoms with E-state index in [0.29, 0.717) is 21.5 Å². The fourth-order valence-electron chi connectivity index (χ4n) is 4.65. The molecule has 0 radical (unpaired) electrons. The van der Waals surface area contributed by atoms with Crippen molar-refractivity contribution in [3.63, 3.8) is 0 Å². The maximum atomic E-state index is 13.4. The van der Waals surface area contributed by atoms with Crippen LogP contribution in [0.3, 0.4) is 0 Å². The van der Waals surface area contributed by atoms with Crippen LogP contribution in [0.15, 0.2) is 58.8 Å². The molecule has 0 saturated carbocycles. The minimum atomic E-state index is -0.208. The smallest absolute Gasteiger partial charge is 0.281 e. The molecule has 0 spiro atoms. The van der Waals surface area contributed by atoms with Crippen molar-refractivity contribution in [2.75, 3.05) is 25.0 Å². The number of carbonyl (C=O) groups excluding carboxylic acids is 2. The second kappa shape index (κ2) is 9.76. The second-order valence-electron chi connectivity index (χ2n) is 8.80. The van der Waals surface area contributed by atoms with Gasteiger partial charge in [-0.2, -0.15) is 0 Å². The van der Waals surface area contributed by atoms with Gasteiger partial charge in [-0.1, -0.05) is 27.5 Å². The van der Waals surface area contributed by atoms with E-state index >= 15 is 0 Å². The molecule has 0 N–H and O–H groups in total. The van der Waals surface area contributed by atoms with Crippen LogP contribution in [0.4, 0.5) is 5.69 Å². The summed E-state index contributed by atoms with van der Waals surface area (Å²) in [6.07, 6.45) is 7.09. The number of benzene rings is 2. The Bertz CT molecular complexity index is 1360. The lowest BCUT2D eigenvalue weighted by Gasteiger charge is -2.27. The molecule has 0 aliphatic carbocycles. The Morgan fingerprint density at radius 2 is 1.83 bits per heavy atom. The Morgan fingerprint density at radius 3 is 2.54 bits per heavy atom. The standard InChI is InChI=1S/C26H24BrClN4O2S/c1-29-23(25(34)32(26(29)35)20-8-6-19(28)7-9-20)13-17-15-31(22-10-5-18(27)14-21(17)22)16-24(33)30-11-3-2-4-12-30/h5-10,13-15H,2-4,11-12,16H2,1H3/b23-13-. The topological polar surface area (TPSA) is 48.8 Å². The maximum absolute atomic E-state index is 13.4. The highest BCUT2D eigenvalue weighted by Crippen LogP contribution is 2.32. The summed E-state index contributed by atoms with van der Waals surface area (Å²) < 4.78 is 2.90. The zero-order valence-electron chi connectivity index (χ0n) is 19.2. The number of halogens is 2. The Morgan fingerprint density at radius 1 is 1.11 bits per heavy atom. The summed E-state index contributed by atoms with van der Waals surface area (Å²) in [6.45, 7) is 1.90. The van der Waals surface area contributed by atoms with Crippen LogP contribution in [0.2, 0.25) is 5.02 Å². The summed E-state index contributed by atoms with van der Waals surface area (Å²) in [4.78, 5) is 31.6. The van der Waals surface area contributed by atoms with Gasteiger partial charge in [-0.15, -0.1) is 0 Å². The van der Waals surface area contributed by atoms with Gasteiger partial charge >= 0.3 is 0 Å². The number of anilines is 1. The Labute approximate surface area is 222 Å². The van der Waals surface area contributed by atoms with E-state index in [1.807, 2.05) is 39.9 Å². The number of rotatable bonds is 4. The van der Waals surface area contributed by atoms with Gasteiger partial charge in [0.2, 0.25) is 5.91 Å². The van der Waals surface area contributed by atoms with Gasteiger partial charge in [0.05, 0.1) is 5.69 Å². The lowest BCUT2D eigenvalue weighted by molar-refractivity contribution is -0.132. The fourth-order valence-corrected chi connectivity index (χ4v) is 5.43. The number of likely N-dealkylation sites (tertiary alicyclic amines) is 1. The molecule has 1 aromatic heterocycles. The van der Waals surface area contributed by atoms with Crippen molar-refractivity contribution in [3.8, 4) is 0 Å². The van der Waals surface area contributed by atoms with Crippen molar-refractivity contribution in [3.05, 3.63) is 69.4 Å². The molecule has 2 aliphatic rings. The van der Waals surface area contributed by atoms with E-state index in [2.05, 4.69) is 15.9 Å². The van der Waals surface area contributed by atoms with Gasteiger partial charge in [-0.3, -0.25) is 14.5 Å². The van der Waals surface area contributed by atoms with Gasteiger partial charge in [0.15, 0.2) is 5.11 Å². The first-order valence-corrected chi connectivity index (χ1v) is 13.1. The fraction of sp³-hybridized carbons (Fsp3) is 0.269. The average molecular weight is 572 g/mol. The van der Waals surface area contributed by atoms with E-state index in [4.69, 9.17) is 23.8 Å². The molecular weight excluding hydrogens is 548 g/mol. The molecule has 9 heteroatoms. The zero-order chi connectivity index (χ0) is 24.7. The number of hydrogen-bond acceptors (Lipinski definition) is 3. The minimum absolute atomic E-state index is 0.118. The first kappa shape index (κ1) is 24.0. The number of hydrogen-bond donors (Lipinski definition) is 0. The predicted molar refractivity (Wildman–Crippen MR) is 147 cm³/mol. The molecule has 5 rings (SSSR count). The summed E-state index contributed by atoms with van der Waals surface area (Å²) in [5.74, 6) is -0.0898. The summed E-state index contributed by atoms with van der Waals surface area (Å²) in [6, 6.07) is 13.0. The predicted octanol–water partition coefficient (Wildman–Crippen LogP) is 5.67. The summed E-state index contributed by atoms with van der Waals surface area (Å²) in [5, 5.41) is 1.94. The van der Waals surface area contributed by atoms with E-state index in [9.17, 15) is 9.59 Å². The third-order valence-electron chi connectivity index (χ3n) is 6.53. The molecular formula is C26H24BrClN4O2S. The first-order valence-electron chi connectivity index (χ1n) is 11.5. The maximum Gasteiger partial charge on any atom is 0.281 e. The van der Waals surface area contributed by atoms with Crippen molar-refractivity contribution < 1.29 is 9.59 Å². The number of thiocarbonyl (C=S) groups is 1. The SMILES string of the molecule is CN1C(=S)N(c2ccc(Cl)cc2)C(=O)/C1=C/c1cn(CC(=O)N2CCCCC2)c2ccc(Br)cc12. The molecule has 2 aromatic carbocycles. The zero-order valence-corrected chi connectivity index (χ0v) is 22.4. The van der Waals surface area contributed by atoms with Crippen LogP contribution >= 0.6 is 39.7 Å². The summed E-state index contributed by atoms with van der Waals surface area (Å²) in [5.41, 5.74) is 2.92. The number of likely N-dealkylation sites (N-methyl/N-ethyl adjacent to an activating group) is 1. The van der Waals surface area contributed by atoms with Gasteiger partial charge in [0, 0.05) is 52.3 Å². The molecule has 0 unspecified atom stereocenters. The molecule has 2 saturated heterocycles. The van der Waals surface area contributed by atoms with Crippen molar-refractivity contribution in [1.82, 2.24) is 14.4 Å². The highest BCUT2D eigenvalue weighted by molar-refractivity contribution is 9.10. The summed E-state index contributed by atoms with van der Waals surface area (Å²) in [7, 11) is 1.79. The van der Waals surface area contributed by atoms with Crippen LogP contribution in [-0.2, 0) is 16.1 Å². The lowest BCUT2D eigenvalue weighted by Crippen LogP contribution is -2.37. The van der Waals surface area contributed by atoms with Crippen LogP contribution in [0.25, 0.3) is 17.0 Å². The van der Waals surface area contributed by atoms with Crippen LogP contribution in [0, 0.1) is 0 Å². The monoisotopic (exact) mass is 570 g/mol. The molecule has 2 fully saturated rings. The number of fused-ring (bicyclic) bond motifs is 1. The number of carbonyl (C=O) groups is 2. The number of nitrogens with zero attached hydrogens (tertiary/aromatic N) is 4. The van der Waals surface area contributed by atoms with Crippen molar-refractivity contribution in [2.24, 2.45) is 0 Å². The van der Waals surface area contributed by atoms with Crippen LogP contribution < -0.4 is 4.90 Å². The normalized spacial score (nSPS) is 17.8. The van der Waals surface area contributed by atoms with E-state index < -0.39 is 0 Å². The van der Waals surface area contributed by atoms with Crippen LogP contribution in [-0.4, -0.2) is 51.4 Å². The minimum Gasteiger partial charge on any atom is -0.341 e. The van der Waals surface area contributed by atoms with E-state index in [1.165, 1.54) is 11.3 Å². The molecule has 3 aromatic rings. The van der Waals surface area contributed by atoms with Crippen molar-refractivity contribution in [2.45, 2.75) is 25.8 Å². The highest BCUT2D eigenvalue weighted by Gasteiger charge is 2.37. The van der Waals surface area contributed by atoms with Crippen LogP contribution in [0.5, 0.6) is 0 Å². The molecule has 2 amide bonds. The number of amides is 2.